The molecule has 3 N–H and O–H groups in total. The summed E-state index contributed by atoms with van der Waals surface area (Å²) in [5, 5.41) is 8.77. The summed E-state index contributed by atoms with van der Waals surface area (Å²) >= 11 is 0.987. The first-order valence-electron chi connectivity index (χ1n) is 6.79. The van der Waals surface area contributed by atoms with Gasteiger partial charge in [-0.1, -0.05) is 19.3 Å². The molecule has 1 aliphatic rings. The fourth-order valence-electron chi connectivity index (χ4n) is 2.66. The van der Waals surface area contributed by atoms with E-state index in [4.69, 9.17) is 11.0 Å². The largest absolute Gasteiger partial charge is 0.329 e. The van der Waals surface area contributed by atoms with Crippen LogP contribution in [-0.4, -0.2) is 21.0 Å². The van der Waals surface area contributed by atoms with Gasteiger partial charge in [0.1, 0.15) is 15.2 Å². The van der Waals surface area contributed by atoms with E-state index in [0.29, 0.717) is 17.3 Å². The van der Waals surface area contributed by atoms with Gasteiger partial charge in [-0.3, -0.25) is 0 Å². The van der Waals surface area contributed by atoms with Gasteiger partial charge in [-0.15, -0.1) is 11.3 Å². The maximum Gasteiger partial charge on any atom is 0.250 e. The molecule has 7 heteroatoms. The molecule has 0 amide bonds. The summed E-state index contributed by atoms with van der Waals surface area (Å²) in [5.41, 5.74) is 5.74. The molecule has 0 aromatic carbocycles. The standard InChI is InChI=1S/C13H19N3O2S2/c14-8-11-6-7-13(19-11)20(17,18)16-12(9-15)10-4-2-1-3-5-10/h6-7,10,12,16H,1-5,9,15H2. The van der Waals surface area contributed by atoms with Gasteiger partial charge >= 0.3 is 0 Å². The molecule has 1 heterocycles. The van der Waals surface area contributed by atoms with Gasteiger partial charge < -0.3 is 5.73 Å². The Kier molecular flexibility index (Phi) is 5.16. The number of nitriles is 1. The Morgan fingerprint density at radius 1 is 1.40 bits per heavy atom. The van der Waals surface area contributed by atoms with Crippen molar-refractivity contribution in [2.45, 2.75) is 42.4 Å². The Morgan fingerprint density at radius 2 is 2.10 bits per heavy atom. The maximum absolute atomic E-state index is 12.3. The van der Waals surface area contributed by atoms with Gasteiger partial charge in [-0.05, 0) is 30.9 Å². The van der Waals surface area contributed by atoms with E-state index in [1.54, 1.807) is 0 Å². The molecule has 1 atom stereocenters. The highest BCUT2D eigenvalue weighted by Gasteiger charge is 2.28. The molecule has 1 aromatic rings. The molecule has 1 unspecified atom stereocenters. The predicted octanol–water partition coefficient (Wildman–Crippen LogP) is 1.81. The van der Waals surface area contributed by atoms with Crippen molar-refractivity contribution in [3.8, 4) is 6.07 Å². The first-order valence-corrected chi connectivity index (χ1v) is 9.09. The smallest absolute Gasteiger partial charge is 0.250 e. The summed E-state index contributed by atoms with van der Waals surface area (Å²) in [4.78, 5) is 0.396. The minimum absolute atomic E-state index is 0.184. The first-order chi connectivity index (χ1) is 9.56. The minimum Gasteiger partial charge on any atom is -0.329 e. The molecule has 1 aromatic heterocycles. The molecular formula is C13H19N3O2S2. The van der Waals surface area contributed by atoms with E-state index >= 15 is 0 Å². The summed E-state index contributed by atoms with van der Waals surface area (Å²) in [6.45, 7) is 0.306. The zero-order valence-corrected chi connectivity index (χ0v) is 12.8. The summed E-state index contributed by atoms with van der Waals surface area (Å²) in [7, 11) is -3.57. The highest BCUT2D eigenvalue weighted by molar-refractivity contribution is 7.91. The second-order valence-electron chi connectivity index (χ2n) is 5.09. The van der Waals surface area contributed by atoms with E-state index in [2.05, 4.69) is 4.72 Å². The Bertz CT molecular complexity index is 583. The molecule has 5 nitrogen and oxygen atoms in total. The summed E-state index contributed by atoms with van der Waals surface area (Å²) in [6, 6.07) is 4.73. The van der Waals surface area contributed by atoms with Crippen LogP contribution in [0.15, 0.2) is 16.3 Å². The highest BCUT2D eigenvalue weighted by Crippen LogP contribution is 2.28. The van der Waals surface area contributed by atoms with Crippen molar-refractivity contribution in [2.75, 3.05) is 6.54 Å². The van der Waals surface area contributed by atoms with Crippen LogP contribution in [0.2, 0.25) is 0 Å². The third-order valence-corrected chi connectivity index (χ3v) is 6.71. The van der Waals surface area contributed by atoms with E-state index in [0.717, 1.165) is 37.0 Å². The monoisotopic (exact) mass is 313 g/mol. The zero-order valence-electron chi connectivity index (χ0n) is 11.2. The summed E-state index contributed by atoms with van der Waals surface area (Å²) in [6.07, 6.45) is 5.55. The van der Waals surface area contributed by atoms with Crippen LogP contribution < -0.4 is 10.5 Å². The number of thiophene rings is 1. The van der Waals surface area contributed by atoms with Crippen molar-refractivity contribution in [3.63, 3.8) is 0 Å². The number of nitrogens with one attached hydrogen (secondary N) is 1. The Morgan fingerprint density at radius 3 is 2.65 bits per heavy atom. The second-order valence-corrected chi connectivity index (χ2v) is 8.12. The van der Waals surface area contributed by atoms with Crippen LogP contribution in [0.5, 0.6) is 0 Å². The topological polar surface area (TPSA) is 96.0 Å². The zero-order chi connectivity index (χ0) is 14.6. The van der Waals surface area contributed by atoms with Crippen molar-refractivity contribution in [1.29, 1.82) is 5.26 Å². The molecule has 110 valence electrons. The van der Waals surface area contributed by atoms with E-state index in [1.165, 1.54) is 18.6 Å². The number of sulfonamides is 1. The predicted molar refractivity (Wildman–Crippen MR) is 78.8 cm³/mol. The molecule has 0 spiro atoms. The van der Waals surface area contributed by atoms with Gasteiger partial charge in [0.25, 0.3) is 0 Å². The molecule has 0 aliphatic heterocycles. The Labute approximate surface area is 123 Å². The van der Waals surface area contributed by atoms with Crippen LogP contribution in [0, 0.1) is 17.2 Å². The SMILES string of the molecule is N#Cc1ccc(S(=O)(=O)NC(CN)C2CCCCC2)s1. The number of hydrogen-bond acceptors (Lipinski definition) is 5. The highest BCUT2D eigenvalue weighted by atomic mass is 32.2. The molecule has 20 heavy (non-hydrogen) atoms. The van der Waals surface area contributed by atoms with E-state index in [1.807, 2.05) is 6.07 Å². The van der Waals surface area contributed by atoms with Crippen LogP contribution in [-0.2, 0) is 10.0 Å². The lowest BCUT2D eigenvalue weighted by molar-refractivity contribution is 0.294. The molecule has 0 radical (unpaired) electrons. The van der Waals surface area contributed by atoms with Crippen molar-refractivity contribution in [2.24, 2.45) is 11.7 Å². The molecular weight excluding hydrogens is 294 g/mol. The number of rotatable bonds is 5. The van der Waals surface area contributed by atoms with Gasteiger partial charge in [0.15, 0.2) is 0 Å². The molecule has 1 aliphatic carbocycles. The lowest BCUT2D eigenvalue weighted by atomic mass is 9.84. The third-order valence-electron chi connectivity index (χ3n) is 3.74. The number of nitrogens with two attached hydrogens (primary N) is 1. The van der Waals surface area contributed by atoms with Crippen LogP contribution in [0.1, 0.15) is 37.0 Å². The van der Waals surface area contributed by atoms with Crippen molar-refractivity contribution in [3.05, 3.63) is 17.0 Å². The Balaban J connectivity index is 2.11. The van der Waals surface area contributed by atoms with E-state index in [9.17, 15) is 8.42 Å². The lowest BCUT2D eigenvalue weighted by Gasteiger charge is -2.29. The van der Waals surface area contributed by atoms with Crippen LogP contribution in [0.4, 0.5) is 0 Å². The summed E-state index contributed by atoms with van der Waals surface area (Å²) < 4.78 is 27.5. The second kappa shape index (κ2) is 6.68. The van der Waals surface area contributed by atoms with Gasteiger partial charge in [-0.25, -0.2) is 13.1 Å². The molecule has 0 bridgehead atoms. The van der Waals surface area contributed by atoms with Gasteiger partial charge in [0, 0.05) is 12.6 Å². The maximum atomic E-state index is 12.3. The van der Waals surface area contributed by atoms with Gasteiger partial charge in [0.2, 0.25) is 10.0 Å². The summed E-state index contributed by atoms with van der Waals surface area (Å²) in [5.74, 6) is 0.318. The quantitative estimate of drug-likeness (QED) is 0.866. The Hall–Kier alpha value is -0.940. The number of hydrogen-bond donors (Lipinski definition) is 2. The van der Waals surface area contributed by atoms with Crippen LogP contribution >= 0.6 is 11.3 Å². The average Bonchev–Trinajstić information content (AvgIpc) is 2.95. The molecule has 1 saturated carbocycles. The average molecular weight is 313 g/mol. The van der Waals surface area contributed by atoms with Gasteiger partial charge in [-0.2, -0.15) is 5.26 Å². The minimum atomic E-state index is -3.57. The van der Waals surface area contributed by atoms with Crippen LogP contribution in [0.3, 0.4) is 0 Å². The lowest BCUT2D eigenvalue weighted by Crippen LogP contribution is -2.45. The molecule has 0 saturated heterocycles. The number of nitrogens with zero attached hydrogens (tertiary/aromatic N) is 1. The van der Waals surface area contributed by atoms with Gasteiger partial charge in [0.05, 0.1) is 0 Å². The van der Waals surface area contributed by atoms with Crippen LogP contribution in [0.25, 0.3) is 0 Å². The fraction of sp³-hybridized carbons (Fsp3) is 0.615. The van der Waals surface area contributed by atoms with Crippen molar-refractivity contribution < 1.29 is 8.42 Å². The van der Waals surface area contributed by atoms with E-state index < -0.39 is 10.0 Å². The van der Waals surface area contributed by atoms with Crippen molar-refractivity contribution in [1.82, 2.24) is 4.72 Å². The fourth-order valence-corrected chi connectivity index (χ4v) is 5.09. The normalized spacial score (nSPS) is 18.6. The third kappa shape index (κ3) is 3.58. The van der Waals surface area contributed by atoms with E-state index in [-0.39, 0.29) is 10.3 Å². The first kappa shape index (κ1) is 15.4. The molecule has 1 fully saturated rings. The van der Waals surface area contributed by atoms with Crippen molar-refractivity contribution >= 4 is 21.4 Å². The molecule has 2 rings (SSSR count).